The standard InChI is InChI=1S/C4H2BrN2P/c1-6-4-3(5)8-2-7-4/h2,8H. The van der Waals surface area contributed by atoms with E-state index >= 15 is 0 Å². The Morgan fingerprint density at radius 1 is 1.88 bits per heavy atom. The molecule has 0 amide bonds. The zero-order valence-corrected chi connectivity index (χ0v) is 6.44. The van der Waals surface area contributed by atoms with Gasteiger partial charge in [-0.1, -0.05) is 30.7 Å². The maximum absolute atomic E-state index is 6.56. The Labute approximate surface area is 57.0 Å². The van der Waals surface area contributed by atoms with Gasteiger partial charge in [-0.05, 0) is 0 Å². The summed E-state index contributed by atoms with van der Waals surface area (Å²) in [6.45, 7) is 6.56. The van der Waals surface area contributed by atoms with E-state index in [0.29, 0.717) is 14.0 Å². The summed E-state index contributed by atoms with van der Waals surface area (Å²) in [5, 5.41) is 0. The van der Waals surface area contributed by atoms with E-state index in [0.717, 1.165) is 4.20 Å². The lowest BCUT2D eigenvalue weighted by atomic mass is 10.8. The fraction of sp³-hybridized carbons (Fsp3) is 0. The molecule has 0 N–H and O–H groups in total. The molecule has 40 valence electrons. The molecule has 1 rings (SSSR count). The second-order valence-electron chi connectivity index (χ2n) is 1.15. The van der Waals surface area contributed by atoms with Crippen molar-refractivity contribution in [2.45, 2.75) is 0 Å². The summed E-state index contributed by atoms with van der Waals surface area (Å²) in [4.78, 5) is 6.96. The van der Waals surface area contributed by atoms with Crippen molar-refractivity contribution in [2.24, 2.45) is 0 Å². The molecule has 1 atom stereocenters. The highest BCUT2D eigenvalue weighted by atomic mass is 79.9. The van der Waals surface area contributed by atoms with Crippen LogP contribution < -0.4 is 0 Å². The number of aromatic nitrogens is 1. The largest absolute Gasteiger partial charge is 0.359 e. The highest BCUT2D eigenvalue weighted by Crippen LogP contribution is 2.31. The number of nitrogens with zero attached hydrogens (tertiary/aromatic N) is 2. The SMILES string of the molecule is [C-]#[N+]c1nc[pH]c1Br. The molecule has 4 heteroatoms. The van der Waals surface area contributed by atoms with Crippen LogP contribution in [0.1, 0.15) is 0 Å². The van der Waals surface area contributed by atoms with Gasteiger partial charge >= 0.3 is 0 Å². The average Bonchev–Trinajstić information content (AvgIpc) is 2.14. The van der Waals surface area contributed by atoms with Crippen LogP contribution >= 0.6 is 24.1 Å². The van der Waals surface area contributed by atoms with Gasteiger partial charge in [0.1, 0.15) is 5.93 Å². The van der Waals surface area contributed by atoms with Gasteiger partial charge in [0.25, 0.3) is 5.82 Å². The van der Waals surface area contributed by atoms with Crippen LogP contribution in [0.5, 0.6) is 0 Å². The van der Waals surface area contributed by atoms with Crippen molar-refractivity contribution in [1.29, 1.82) is 0 Å². The van der Waals surface area contributed by atoms with Crippen LogP contribution in [-0.4, -0.2) is 4.98 Å². The molecule has 0 radical (unpaired) electrons. The number of rotatable bonds is 0. The second-order valence-corrected chi connectivity index (χ2v) is 3.72. The Bertz CT molecular complexity index is 224. The van der Waals surface area contributed by atoms with Crippen molar-refractivity contribution in [3.8, 4) is 0 Å². The van der Waals surface area contributed by atoms with Crippen LogP contribution in [0.3, 0.4) is 0 Å². The normalized spacial score (nSPS) is 9.50. The third kappa shape index (κ3) is 0.912. The van der Waals surface area contributed by atoms with E-state index in [1.807, 2.05) is 0 Å². The smallest absolute Gasteiger partial charge is 0.288 e. The van der Waals surface area contributed by atoms with E-state index in [1.165, 1.54) is 0 Å². The Kier molecular flexibility index (Phi) is 1.67. The average molecular weight is 189 g/mol. The number of halogens is 1. The monoisotopic (exact) mass is 188 g/mol. The fourth-order valence-electron chi connectivity index (χ4n) is 0.349. The van der Waals surface area contributed by atoms with Crippen LogP contribution in [0.4, 0.5) is 5.82 Å². The van der Waals surface area contributed by atoms with Crippen molar-refractivity contribution < 1.29 is 0 Å². The van der Waals surface area contributed by atoms with Gasteiger partial charge < -0.3 is 4.85 Å². The molecule has 0 bridgehead atoms. The van der Waals surface area contributed by atoms with Crippen molar-refractivity contribution in [2.75, 3.05) is 0 Å². The van der Waals surface area contributed by atoms with Crippen molar-refractivity contribution in [3.63, 3.8) is 0 Å². The van der Waals surface area contributed by atoms with Gasteiger partial charge in [-0.3, -0.25) is 0 Å². The van der Waals surface area contributed by atoms with Gasteiger partial charge in [0.05, 0.1) is 4.20 Å². The highest BCUT2D eigenvalue weighted by Gasteiger charge is 1.97. The molecule has 0 spiro atoms. The third-order valence-corrected chi connectivity index (χ3v) is 2.46. The first-order valence-corrected chi connectivity index (χ1v) is 3.78. The summed E-state index contributed by atoms with van der Waals surface area (Å²) in [7, 11) is 0.560. The Balaban J connectivity index is 3.15. The third-order valence-electron chi connectivity index (χ3n) is 0.680. The zero-order chi connectivity index (χ0) is 5.98. The van der Waals surface area contributed by atoms with Crippen LogP contribution in [0.15, 0.2) is 10.1 Å². The van der Waals surface area contributed by atoms with Gasteiger partial charge in [0, 0.05) is 0 Å². The van der Waals surface area contributed by atoms with Gasteiger partial charge in [0.15, 0.2) is 0 Å². The van der Waals surface area contributed by atoms with Gasteiger partial charge in [-0.2, -0.15) is 0 Å². The van der Waals surface area contributed by atoms with Crippen LogP contribution in [0, 0.1) is 6.57 Å². The first-order chi connectivity index (χ1) is 3.84. The number of hydrogen-bond acceptors (Lipinski definition) is 1. The van der Waals surface area contributed by atoms with Gasteiger partial charge in [0.2, 0.25) is 0 Å². The predicted molar refractivity (Wildman–Crippen MR) is 37.7 cm³/mol. The molecule has 0 saturated heterocycles. The quantitative estimate of drug-likeness (QED) is 0.572. The second kappa shape index (κ2) is 2.30. The molecule has 0 aliphatic heterocycles. The first kappa shape index (κ1) is 5.81. The molecule has 1 aromatic heterocycles. The summed E-state index contributed by atoms with van der Waals surface area (Å²) >= 11 is 3.22. The molecular weight excluding hydrogens is 187 g/mol. The van der Waals surface area contributed by atoms with E-state index in [1.54, 1.807) is 5.93 Å². The van der Waals surface area contributed by atoms with E-state index in [4.69, 9.17) is 6.57 Å². The van der Waals surface area contributed by atoms with Crippen molar-refractivity contribution in [3.05, 3.63) is 21.6 Å². The Hall–Kier alpha value is -0.320. The van der Waals surface area contributed by atoms with E-state index in [9.17, 15) is 0 Å². The summed E-state index contributed by atoms with van der Waals surface area (Å²) < 4.78 is 0.924. The van der Waals surface area contributed by atoms with Gasteiger partial charge in [-0.15, -0.1) is 4.98 Å². The Morgan fingerprint density at radius 2 is 2.62 bits per heavy atom. The fourth-order valence-corrected chi connectivity index (χ4v) is 1.40. The van der Waals surface area contributed by atoms with E-state index in [-0.39, 0.29) is 0 Å². The minimum atomic E-state index is 0.503. The van der Waals surface area contributed by atoms with Crippen LogP contribution in [-0.2, 0) is 0 Å². The molecule has 1 aromatic rings. The lowest BCUT2D eigenvalue weighted by molar-refractivity contribution is 1.44. The molecule has 0 fully saturated rings. The minimum Gasteiger partial charge on any atom is -0.359 e. The summed E-state index contributed by atoms with van der Waals surface area (Å²) in [5.74, 6) is 2.25. The van der Waals surface area contributed by atoms with E-state index in [2.05, 4.69) is 25.8 Å². The molecule has 0 saturated carbocycles. The molecular formula is C4H2BrN2P. The maximum Gasteiger partial charge on any atom is 0.288 e. The molecule has 0 aliphatic rings. The molecule has 8 heavy (non-hydrogen) atoms. The minimum absolute atomic E-state index is 0.503. The topological polar surface area (TPSA) is 17.2 Å². The highest BCUT2D eigenvalue weighted by molar-refractivity contribution is 9.11. The summed E-state index contributed by atoms with van der Waals surface area (Å²) in [5.41, 5.74) is 0. The lowest BCUT2D eigenvalue weighted by Crippen LogP contribution is -1.52. The van der Waals surface area contributed by atoms with Crippen LogP contribution in [0.2, 0.25) is 0 Å². The number of hydrogen-bond donors (Lipinski definition) is 0. The maximum atomic E-state index is 6.56. The molecule has 2 nitrogen and oxygen atoms in total. The first-order valence-electron chi connectivity index (χ1n) is 1.91. The molecule has 1 heterocycles. The summed E-state index contributed by atoms with van der Waals surface area (Å²) in [6.07, 6.45) is 0. The van der Waals surface area contributed by atoms with Gasteiger partial charge in [-0.25, -0.2) is 0 Å². The lowest BCUT2D eigenvalue weighted by Gasteiger charge is -1.76. The Morgan fingerprint density at radius 3 is 2.88 bits per heavy atom. The van der Waals surface area contributed by atoms with E-state index < -0.39 is 0 Å². The molecule has 0 aliphatic carbocycles. The summed E-state index contributed by atoms with van der Waals surface area (Å²) in [6, 6.07) is 0. The predicted octanol–water partition coefficient (Wildman–Crippen LogP) is 2.43. The van der Waals surface area contributed by atoms with Crippen LogP contribution in [0.25, 0.3) is 4.85 Å². The molecule has 0 aromatic carbocycles. The molecule has 1 unspecified atom stereocenters. The van der Waals surface area contributed by atoms with Crippen molar-refractivity contribution in [1.82, 2.24) is 4.98 Å². The van der Waals surface area contributed by atoms with Crippen molar-refractivity contribution >= 4 is 29.9 Å². The zero-order valence-electron chi connectivity index (χ0n) is 3.85.